The largest absolute Gasteiger partial charge is 0.384 e. The van der Waals surface area contributed by atoms with Gasteiger partial charge in [-0.1, -0.05) is 27.7 Å². The molecule has 0 bridgehead atoms. The molecule has 1 heterocycles. The predicted molar refractivity (Wildman–Crippen MR) is 82.6 cm³/mol. The summed E-state index contributed by atoms with van der Waals surface area (Å²) >= 11 is 0. The fraction of sp³-hybridized carbons (Fsp3) is 1.00. The van der Waals surface area contributed by atoms with Crippen molar-refractivity contribution in [3.05, 3.63) is 0 Å². The smallest absolute Gasteiger partial charge is 0.0502 e. The number of methoxy groups -OCH3 is 1. The zero-order valence-electron chi connectivity index (χ0n) is 13.7. The fourth-order valence-corrected chi connectivity index (χ4v) is 3.13. The van der Waals surface area contributed by atoms with Gasteiger partial charge < -0.3 is 15.0 Å². The Bertz CT molecular complexity index is 235. The van der Waals surface area contributed by atoms with Crippen molar-refractivity contribution >= 4 is 0 Å². The van der Waals surface area contributed by atoms with E-state index in [1.807, 2.05) is 7.11 Å². The third kappa shape index (κ3) is 6.24. The van der Waals surface area contributed by atoms with Gasteiger partial charge in [-0.2, -0.15) is 0 Å². The standard InChI is InChI=1S/C16H34N2O/c1-6-17-15(16(2,3)4)9-11-18-10-7-8-14(12-18)13-19-5/h14-15,17H,6-13H2,1-5H3. The zero-order valence-corrected chi connectivity index (χ0v) is 13.7. The SMILES string of the molecule is CCNC(CCN1CCCC(COC)C1)C(C)(C)C. The first-order valence-corrected chi connectivity index (χ1v) is 7.92. The molecule has 1 rings (SSSR count). The van der Waals surface area contributed by atoms with Crippen molar-refractivity contribution in [1.29, 1.82) is 0 Å². The molecule has 1 saturated heterocycles. The Hall–Kier alpha value is -0.120. The molecule has 2 atom stereocenters. The number of piperidine rings is 1. The van der Waals surface area contributed by atoms with Gasteiger partial charge in [-0.05, 0) is 50.2 Å². The molecule has 0 radical (unpaired) electrons. The van der Waals surface area contributed by atoms with Crippen molar-refractivity contribution < 1.29 is 4.74 Å². The molecule has 114 valence electrons. The topological polar surface area (TPSA) is 24.5 Å². The van der Waals surface area contributed by atoms with Crippen LogP contribution in [0.2, 0.25) is 0 Å². The van der Waals surface area contributed by atoms with Gasteiger partial charge in [0.25, 0.3) is 0 Å². The van der Waals surface area contributed by atoms with Gasteiger partial charge in [0.05, 0.1) is 6.61 Å². The second-order valence-corrected chi connectivity index (χ2v) is 7.03. The maximum Gasteiger partial charge on any atom is 0.0502 e. The predicted octanol–water partition coefficient (Wildman–Crippen LogP) is 2.76. The van der Waals surface area contributed by atoms with Gasteiger partial charge in [0.2, 0.25) is 0 Å². The van der Waals surface area contributed by atoms with Gasteiger partial charge in [-0.3, -0.25) is 0 Å². The first kappa shape index (κ1) is 16.9. The van der Waals surface area contributed by atoms with Crippen LogP contribution in [-0.4, -0.2) is 50.8 Å². The molecule has 0 aromatic heterocycles. The number of hydrogen-bond acceptors (Lipinski definition) is 3. The molecule has 0 spiro atoms. The Kier molecular flexibility index (Phi) is 7.33. The van der Waals surface area contributed by atoms with Crippen LogP contribution in [0, 0.1) is 11.3 Å². The third-order valence-corrected chi connectivity index (χ3v) is 4.24. The summed E-state index contributed by atoms with van der Waals surface area (Å²) in [4.78, 5) is 2.63. The Balaban J connectivity index is 2.37. The first-order chi connectivity index (χ1) is 8.97. The van der Waals surface area contributed by atoms with E-state index in [1.54, 1.807) is 0 Å². The lowest BCUT2D eigenvalue weighted by Crippen LogP contribution is -2.44. The fourth-order valence-electron chi connectivity index (χ4n) is 3.13. The van der Waals surface area contributed by atoms with Gasteiger partial charge >= 0.3 is 0 Å². The highest BCUT2D eigenvalue weighted by Crippen LogP contribution is 2.23. The van der Waals surface area contributed by atoms with E-state index >= 15 is 0 Å². The molecule has 0 saturated carbocycles. The molecule has 1 aliphatic rings. The number of ether oxygens (including phenoxy) is 1. The molecule has 2 unspecified atom stereocenters. The van der Waals surface area contributed by atoms with Crippen molar-refractivity contribution in [3.8, 4) is 0 Å². The zero-order chi connectivity index (χ0) is 14.3. The summed E-state index contributed by atoms with van der Waals surface area (Å²) in [7, 11) is 1.82. The van der Waals surface area contributed by atoms with E-state index in [2.05, 4.69) is 37.9 Å². The number of likely N-dealkylation sites (tertiary alicyclic amines) is 1. The summed E-state index contributed by atoms with van der Waals surface area (Å²) in [6, 6.07) is 0.611. The lowest BCUT2D eigenvalue weighted by molar-refractivity contribution is 0.0855. The summed E-state index contributed by atoms with van der Waals surface area (Å²) in [6.07, 6.45) is 3.91. The van der Waals surface area contributed by atoms with E-state index in [0.717, 1.165) is 19.1 Å². The van der Waals surface area contributed by atoms with Crippen LogP contribution in [0.3, 0.4) is 0 Å². The normalized spacial score (nSPS) is 23.5. The van der Waals surface area contributed by atoms with Crippen LogP contribution in [0.25, 0.3) is 0 Å². The lowest BCUT2D eigenvalue weighted by Gasteiger charge is -2.36. The quantitative estimate of drug-likeness (QED) is 0.770. The molecule has 0 amide bonds. The Morgan fingerprint density at radius 2 is 2.11 bits per heavy atom. The van der Waals surface area contributed by atoms with Crippen LogP contribution >= 0.6 is 0 Å². The summed E-state index contributed by atoms with van der Waals surface area (Å²) in [5.41, 5.74) is 0.345. The molecule has 0 aromatic rings. The number of nitrogens with one attached hydrogen (secondary N) is 1. The average Bonchev–Trinajstić information content (AvgIpc) is 2.34. The Labute approximate surface area is 120 Å². The lowest BCUT2D eigenvalue weighted by atomic mass is 9.84. The van der Waals surface area contributed by atoms with Gasteiger partial charge in [0.1, 0.15) is 0 Å². The van der Waals surface area contributed by atoms with Crippen LogP contribution in [0.15, 0.2) is 0 Å². The molecule has 1 N–H and O–H groups in total. The van der Waals surface area contributed by atoms with Gasteiger partial charge in [0.15, 0.2) is 0 Å². The van der Waals surface area contributed by atoms with Crippen LogP contribution < -0.4 is 5.32 Å². The van der Waals surface area contributed by atoms with Crippen molar-refractivity contribution in [2.24, 2.45) is 11.3 Å². The molecule has 1 aliphatic heterocycles. The summed E-state index contributed by atoms with van der Waals surface area (Å²) in [5, 5.41) is 3.65. The monoisotopic (exact) mass is 270 g/mol. The molecule has 0 aliphatic carbocycles. The summed E-state index contributed by atoms with van der Waals surface area (Å²) in [5.74, 6) is 0.742. The Morgan fingerprint density at radius 1 is 1.37 bits per heavy atom. The van der Waals surface area contributed by atoms with E-state index in [4.69, 9.17) is 4.74 Å². The van der Waals surface area contributed by atoms with E-state index in [1.165, 1.54) is 38.9 Å². The molecule has 3 nitrogen and oxygen atoms in total. The summed E-state index contributed by atoms with van der Waals surface area (Å²) < 4.78 is 5.31. The van der Waals surface area contributed by atoms with Crippen molar-refractivity contribution in [2.45, 2.75) is 53.0 Å². The van der Waals surface area contributed by atoms with Crippen LogP contribution in [0.4, 0.5) is 0 Å². The van der Waals surface area contributed by atoms with Crippen LogP contribution in [0.1, 0.15) is 47.0 Å². The van der Waals surface area contributed by atoms with Gasteiger partial charge in [-0.15, -0.1) is 0 Å². The first-order valence-electron chi connectivity index (χ1n) is 7.92. The highest BCUT2D eigenvalue weighted by molar-refractivity contribution is 4.82. The number of hydrogen-bond donors (Lipinski definition) is 1. The third-order valence-electron chi connectivity index (χ3n) is 4.24. The number of rotatable bonds is 7. The van der Waals surface area contributed by atoms with Gasteiger partial charge in [0, 0.05) is 19.7 Å². The molecular weight excluding hydrogens is 236 g/mol. The van der Waals surface area contributed by atoms with Crippen molar-refractivity contribution in [3.63, 3.8) is 0 Å². The van der Waals surface area contributed by atoms with E-state index in [9.17, 15) is 0 Å². The van der Waals surface area contributed by atoms with Crippen molar-refractivity contribution in [1.82, 2.24) is 10.2 Å². The average molecular weight is 270 g/mol. The second-order valence-electron chi connectivity index (χ2n) is 7.03. The highest BCUT2D eigenvalue weighted by Gasteiger charge is 2.25. The van der Waals surface area contributed by atoms with E-state index in [0.29, 0.717) is 11.5 Å². The van der Waals surface area contributed by atoms with Crippen LogP contribution in [-0.2, 0) is 4.74 Å². The van der Waals surface area contributed by atoms with E-state index < -0.39 is 0 Å². The molecular formula is C16H34N2O. The molecule has 3 heteroatoms. The Morgan fingerprint density at radius 3 is 2.68 bits per heavy atom. The maximum atomic E-state index is 5.31. The second kappa shape index (κ2) is 8.23. The molecule has 19 heavy (non-hydrogen) atoms. The minimum Gasteiger partial charge on any atom is -0.384 e. The minimum atomic E-state index is 0.345. The van der Waals surface area contributed by atoms with Crippen LogP contribution in [0.5, 0.6) is 0 Å². The van der Waals surface area contributed by atoms with Crippen molar-refractivity contribution in [2.75, 3.05) is 39.9 Å². The molecule has 0 aromatic carbocycles. The number of nitrogens with zero attached hydrogens (tertiary/aromatic N) is 1. The maximum absolute atomic E-state index is 5.31. The minimum absolute atomic E-state index is 0.345. The highest BCUT2D eigenvalue weighted by atomic mass is 16.5. The van der Waals surface area contributed by atoms with E-state index in [-0.39, 0.29) is 0 Å². The van der Waals surface area contributed by atoms with Gasteiger partial charge in [-0.25, -0.2) is 0 Å². The summed E-state index contributed by atoms with van der Waals surface area (Å²) in [6.45, 7) is 14.9. The molecule has 1 fully saturated rings.